The SMILES string of the molecule is CSc1ccccc1-c1ccc(C(=O)N[C@@H]2C[C@H]3CC[C@@H]2N3)o1. The van der Waals surface area contributed by atoms with Crippen molar-refractivity contribution in [3.63, 3.8) is 0 Å². The standard InChI is InChI=1S/C18H20N2O2S/c1-23-17-5-3-2-4-12(17)15-8-9-16(22-15)18(21)20-14-10-11-6-7-13(14)19-11/h2-5,8-9,11,13-14,19H,6-7,10H2,1H3,(H,20,21)/t11-,13+,14-/m1/s1. The minimum Gasteiger partial charge on any atom is -0.451 e. The van der Waals surface area contributed by atoms with Crippen molar-refractivity contribution in [1.82, 2.24) is 10.6 Å². The third kappa shape index (κ3) is 2.79. The van der Waals surface area contributed by atoms with Gasteiger partial charge in [0.05, 0.1) is 0 Å². The number of amides is 1. The molecule has 0 unspecified atom stereocenters. The van der Waals surface area contributed by atoms with E-state index in [2.05, 4.69) is 16.7 Å². The Labute approximate surface area is 140 Å². The van der Waals surface area contributed by atoms with Crippen molar-refractivity contribution in [3.05, 3.63) is 42.2 Å². The van der Waals surface area contributed by atoms with Gasteiger partial charge < -0.3 is 15.1 Å². The van der Waals surface area contributed by atoms with Crippen LogP contribution >= 0.6 is 11.8 Å². The van der Waals surface area contributed by atoms with Crippen molar-refractivity contribution < 1.29 is 9.21 Å². The van der Waals surface area contributed by atoms with Gasteiger partial charge in [-0.15, -0.1) is 11.8 Å². The van der Waals surface area contributed by atoms with E-state index in [1.807, 2.05) is 30.5 Å². The number of fused-ring (bicyclic) bond motifs is 2. The Balaban J connectivity index is 1.50. The van der Waals surface area contributed by atoms with Gasteiger partial charge in [0.2, 0.25) is 0 Å². The summed E-state index contributed by atoms with van der Waals surface area (Å²) in [5.74, 6) is 1.02. The average molecular weight is 328 g/mol. The van der Waals surface area contributed by atoms with Crippen LogP contribution in [0.25, 0.3) is 11.3 Å². The molecule has 1 amide bonds. The molecule has 2 aromatic rings. The molecule has 3 heterocycles. The number of nitrogens with one attached hydrogen (secondary N) is 2. The van der Waals surface area contributed by atoms with Crippen LogP contribution in [0.4, 0.5) is 0 Å². The summed E-state index contributed by atoms with van der Waals surface area (Å²) in [5, 5.41) is 6.65. The molecule has 4 nitrogen and oxygen atoms in total. The summed E-state index contributed by atoms with van der Waals surface area (Å²) in [5.41, 5.74) is 1.03. The zero-order valence-electron chi connectivity index (χ0n) is 13.0. The molecule has 23 heavy (non-hydrogen) atoms. The summed E-state index contributed by atoms with van der Waals surface area (Å²) in [7, 11) is 0. The maximum Gasteiger partial charge on any atom is 0.287 e. The third-order valence-corrected chi connectivity index (χ3v) is 5.61. The first-order chi connectivity index (χ1) is 11.2. The second-order valence-electron chi connectivity index (χ2n) is 6.23. The molecule has 2 saturated heterocycles. The second kappa shape index (κ2) is 6.06. The number of carbonyl (C=O) groups is 1. The van der Waals surface area contributed by atoms with Gasteiger partial charge in [0, 0.05) is 28.6 Å². The highest BCUT2D eigenvalue weighted by molar-refractivity contribution is 7.98. The summed E-state index contributed by atoms with van der Waals surface area (Å²) < 4.78 is 5.82. The van der Waals surface area contributed by atoms with Crippen LogP contribution in [0.2, 0.25) is 0 Å². The highest BCUT2D eigenvalue weighted by Crippen LogP contribution is 2.32. The van der Waals surface area contributed by atoms with Gasteiger partial charge in [-0.25, -0.2) is 0 Å². The molecule has 0 aliphatic carbocycles. The smallest absolute Gasteiger partial charge is 0.287 e. The van der Waals surface area contributed by atoms with Crippen molar-refractivity contribution in [2.45, 2.75) is 42.3 Å². The van der Waals surface area contributed by atoms with E-state index < -0.39 is 0 Å². The third-order valence-electron chi connectivity index (χ3n) is 4.82. The van der Waals surface area contributed by atoms with Crippen molar-refractivity contribution in [1.29, 1.82) is 0 Å². The summed E-state index contributed by atoms with van der Waals surface area (Å²) in [6.45, 7) is 0. The molecule has 0 radical (unpaired) electrons. The number of carbonyl (C=O) groups excluding carboxylic acids is 1. The Morgan fingerprint density at radius 1 is 1.26 bits per heavy atom. The number of benzene rings is 1. The zero-order chi connectivity index (χ0) is 15.8. The van der Waals surface area contributed by atoms with Crippen molar-refractivity contribution >= 4 is 17.7 Å². The molecular formula is C18H20N2O2S. The first-order valence-corrected chi connectivity index (χ1v) is 9.27. The molecule has 120 valence electrons. The second-order valence-corrected chi connectivity index (χ2v) is 7.08. The summed E-state index contributed by atoms with van der Waals surface area (Å²) in [4.78, 5) is 13.6. The van der Waals surface area contributed by atoms with Crippen LogP contribution in [0, 0.1) is 0 Å². The quantitative estimate of drug-likeness (QED) is 0.846. The predicted octanol–water partition coefficient (Wildman–Crippen LogP) is 3.29. The molecule has 2 aliphatic heterocycles. The van der Waals surface area contributed by atoms with E-state index in [0.29, 0.717) is 17.8 Å². The molecule has 0 spiro atoms. The Hall–Kier alpha value is -1.72. The van der Waals surface area contributed by atoms with Gasteiger partial charge in [0.15, 0.2) is 5.76 Å². The maximum atomic E-state index is 12.4. The van der Waals surface area contributed by atoms with E-state index >= 15 is 0 Å². The molecule has 3 atom stereocenters. The van der Waals surface area contributed by atoms with Gasteiger partial charge in [-0.3, -0.25) is 4.79 Å². The number of hydrogen-bond donors (Lipinski definition) is 2. The van der Waals surface area contributed by atoms with Crippen LogP contribution < -0.4 is 10.6 Å². The molecule has 1 aromatic heterocycles. The zero-order valence-corrected chi connectivity index (χ0v) is 13.9. The van der Waals surface area contributed by atoms with Gasteiger partial charge in [0.25, 0.3) is 5.91 Å². The van der Waals surface area contributed by atoms with Gasteiger partial charge in [-0.05, 0) is 43.7 Å². The van der Waals surface area contributed by atoms with Crippen molar-refractivity contribution in [2.75, 3.05) is 6.26 Å². The Morgan fingerprint density at radius 3 is 2.87 bits per heavy atom. The fraction of sp³-hybridized carbons (Fsp3) is 0.389. The fourth-order valence-electron chi connectivity index (χ4n) is 3.68. The van der Waals surface area contributed by atoms with Crippen LogP contribution in [0.1, 0.15) is 29.8 Å². The maximum absolute atomic E-state index is 12.4. The summed E-state index contributed by atoms with van der Waals surface area (Å²) in [6.07, 6.45) is 5.45. The van der Waals surface area contributed by atoms with Crippen molar-refractivity contribution in [2.24, 2.45) is 0 Å². The molecule has 4 rings (SSSR count). The first-order valence-electron chi connectivity index (χ1n) is 8.05. The molecule has 2 bridgehead atoms. The van der Waals surface area contributed by atoms with Crippen LogP contribution in [0.5, 0.6) is 0 Å². The average Bonchev–Trinajstić information content (AvgIpc) is 3.31. The molecule has 5 heteroatoms. The minimum absolute atomic E-state index is 0.114. The predicted molar refractivity (Wildman–Crippen MR) is 91.7 cm³/mol. The molecule has 0 saturated carbocycles. The summed E-state index contributed by atoms with van der Waals surface area (Å²) in [6, 6.07) is 12.9. The van der Waals surface area contributed by atoms with Gasteiger partial charge >= 0.3 is 0 Å². The lowest BCUT2D eigenvalue weighted by Crippen LogP contribution is -2.42. The van der Waals surface area contributed by atoms with E-state index in [1.165, 1.54) is 6.42 Å². The van der Waals surface area contributed by atoms with Crippen LogP contribution in [0.15, 0.2) is 45.7 Å². The fourth-order valence-corrected chi connectivity index (χ4v) is 4.28. The normalized spacial score (nSPS) is 25.7. The first kappa shape index (κ1) is 14.8. The van der Waals surface area contributed by atoms with Gasteiger partial charge in [0.1, 0.15) is 5.76 Å². The van der Waals surface area contributed by atoms with Crippen LogP contribution in [-0.2, 0) is 0 Å². The van der Waals surface area contributed by atoms with E-state index in [9.17, 15) is 4.79 Å². The van der Waals surface area contributed by atoms with Crippen LogP contribution in [0.3, 0.4) is 0 Å². The molecular weight excluding hydrogens is 308 g/mol. The minimum atomic E-state index is -0.114. The topological polar surface area (TPSA) is 54.3 Å². The summed E-state index contributed by atoms with van der Waals surface area (Å²) >= 11 is 1.67. The van der Waals surface area contributed by atoms with Gasteiger partial charge in [-0.2, -0.15) is 0 Å². The Kier molecular flexibility index (Phi) is 3.91. The van der Waals surface area contributed by atoms with Crippen molar-refractivity contribution in [3.8, 4) is 11.3 Å². The molecule has 2 aliphatic rings. The monoisotopic (exact) mass is 328 g/mol. The molecule has 2 fully saturated rings. The van der Waals surface area contributed by atoms with E-state index in [-0.39, 0.29) is 11.9 Å². The van der Waals surface area contributed by atoms with E-state index in [4.69, 9.17) is 4.42 Å². The largest absolute Gasteiger partial charge is 0.451 e. The number of thioether (sulfide) groups is 1. The highest BCUT2D eigenvalue weighted by atomic mass is 32.2. The lowest BCUT2D eigenvalue weighted by atomic mass is 9.95. The number of rotatable bonds is 4. The molecule has 1 aromatic carbocycles. The Morgan fingerprint density at radius 2 is 2.13 bits per heavy atom. The lowest BCUT2D eigenvalue weighted by Gasteiger charge is -2.20. The lowest BCUT2D eigenvalue weighted by molar-refractivity contribution is 0.0903. The molecule has 2 N–H and O–H groups in total. The van der Waals surface area contributed by atoms with Gasteiger partial charge in [-0.1, -0.05) is 18.2 Å². The number of hydrogen-bond acceptors (Lipinski definition) is 4. The van der Waals surface area contributed by atoms with E-state index in [0.717, 1.165) is 29.1 Å². The van der Waals surface area contributed by atoms with E-state index in [1.54, 1.807) is 17.8 Å². The Bertz CT molecular complexity index is 727. The number of furan rings is 1. The highest BCUT2D eigenvalue weighted by Gasteiger charge is 2.39. The van der Waals surface area contributed by atoms with Crippen LogP contribution in [-0.4, -0.2) is 30.3 Å².